The van der Waals surface area contributed by atoms with Crippen molar-refractivity contribution < 1.29 is 9.90 Å². The molecule has 0 aliphatic heterocycles. The van der Waals surface area contributed by atoms with E-state index < -0.39 is 0 Å². The van der Waals surface area contributed by atoms with Crippen LogP contribution in [0.2, 0.25) is 5.02 Å². The number of aromatic hydroxyl groups is 1. The van der Waals surface area contributed by atoms with Crippen molar-refractivity contribution in [1.82, 2.24) is 5.32 Å². The predicted molar refractivity (Wildman–Crippen MR) is 60.3 cm³/mol. The fourth-order valence-corrected chi connectivity index (χ4v) is 1.29. The molecule has 1 amide bonds. The first-order valence-electron chi connectivity index (χ1n) is 4.84. The Morgan fingerprint density at radius 1 is 1.60 bits per heavy atom. The Bertz CT molecular complexity index is 366. The van der Waals surface area contributed by atoms with Gasteiger partial charge in [0.15, 0.2) is 0 Å². The predicted octanol–water partition coefficient (Wildman–Crippen LogP) is 2.57. The van der Waals surface area contributed by atoms with E-state index >= 15 is 0 Å². The summed E-state index contributed by atoms with van der Waals surface area (Å²) in [6.07, 6.45) is 0.849. The van der Waals surface area contributed by atoms with Crippen LogP contribution in [0.25, 0.3) is 0 Å². The topological polar surface area (TPSA) is 49.3 Å². The molecule has 1 aromatic rings. The van der Waals surface area contributed by atoms with Gasteiger partial charge in [-0.05, 0) is 31.5 Å². The Hall–Kier alpha value is -1.22. The molecule has 82 valence electrons. The lowest BCUT2D eigenvalue weighted by Crippen LogP contribution is -2.32. The molecule has 1 unspecified atom stereocenters. The standard InChI is InChI=1S/C11H14ClNO2/c1-3-7(2)13-11(15)9-6-8(14)4-5-10(9)12/h4-7,14H,3H2,1-2H3,(H,13,15). The number of phenols is 1. The Balaban J connectivity index is 2.86. The molecule has 0 aliphatic carbocycles. The van der Waals surface area contributed by atoms with Crippen LogP contribution in [0.5, 0.6) is 5.75 Å². The van der Waals surface area contributed by atoms with E-state index in [1.807, 2.05) is 13.8 Å². The van der Waals surface area contributed by atoms with Gasteiger partial charge in [0.05, 0.1) is 10.6 Å². The number of hydrogen-bond acceptors (Lipinski definition) is 2. The largest absolute Gasteiger partial charge is 0.508 e. The summed E-state index contributed by atoms with van der Waals surface area (Å²) in [6, 6.07) is 4.40. The Labute approximate surface area is 94.1 Å². The van der Waals surface area contributed by atoms with Gasteiger partial charge in [-0.25, -0.2) is 0 Å². The van der Waals surface area contributed by atoms with Gasteiger partial charge in [-0.3, -0.25) is 4.79 Å². The van der Waals surface area contributed by atoms with Crippen molar-refractivity contribution in [3.8, 4) is 5.75 Å². The maximum atomic E-state index is 11.7. The Morgan fingerprint density at radius 2 is 2.27 bits per heavy atom. The van der Waals surface area contributed by atoms with Gasteiger partial charge in [-0.2, -0.15) is 0 Å². The Kier molecular flexibility index (Phi) is 3.97. The van der Waals surface area contributed by atoms with Gasteiger partial charge in [-0.15, -0.1) is 0 Å². The number of phenolic OH excluding ortho intramolecular Hbond substituents is 1. The molecule has 1 aromatic carbocycles. The number of rotatable bonds is 3. The van der Waals surface area contributed by atoms with Gasteiger partial charge >= 0.3 is 0 Å². The van der Waals surface area contributed by atoms with Crippen molar-refractivity contribution in [1.29, 1.82) is 0 Å². The Morgan fingerprint density at radius 3 is 2.87 bits per heavy atom. The quantitative estimate of drug-likeness (QED) is 0.834. The van der Waals surface area contributed by atoms with E-state index in [9.17, 15) is 9.90 Å². The third-order valence-corrected chi connectivity index (χ3v) is 2.51. The zero-order chi connectivity index (χ0) is 11.4. The number of carbonyl (C=O) groups is 1. The number of amides is 1. The van der Waals surface area contributed by atoms with Gasteiger partial charge in [0.2, 0.25) is 0 Å². The highest BCUT2D eigenvalue weighted by atomic mass is 35.5. The maximum absolute atomic E-state index is 11.7. The van der Waals surface area contributed by atoms with Crippen molar-refractivity contribution >= 4 is 17.5 Å². The molecule has 0 heterocycles. The number of nitrogens with one attached hydrogen (secondary N) is 1. The number of hydrogen-bond donors (Lipinski definition) is 2. The summed E-state index contributed by atoms with van der Waals surface area (Å²) >= 11 is 5.85. The van der Waals surface area contributed by atoms with Crippen LogP contribution in [0.3, 0.4) is 0 Å². The zero-order valence-electron chi connectivity index (χ0n) is 8.75. The summed E-state index contributed by atoms with van der Waals surface area (Å²) in [5.74, 6) is -0.223. The molecule has 15 heavy (non-hydrogen) atoms. The highest BCUT2D eigenvalue weighted by molar-refractivity contribution is 6.33. The molecular weight excluding hydrogens is 214 g/mol. The molecule has 0 saturated heterocycles. The summed E-state index contributed by atoms with van der Waals surface area (Å²) < 4.78 is 0. The molecule has 4 heteroatoms. The van der Waals surface area contributed by atoms with Crippen LogP contribution < -0.4 is 5.32 Å². The fraction of sp³-hybridized carbons (Fsp3) is 0.364. The molecule has 0 radical (unpaired) electrons. The summed E-state index contributed by atoms with van der Waals surface area (Å²) in [4.78, 5) is 11.7. The molecular formula is C11H14ClNO2. The normalized spacial score (nSPS) is 12.2. The lowest BCUT2D eigenvalue weighted by Gasteiger charge is -2.12. The average molecular weight is 228 g/mol. The van der Waals surface area contributed by atoms with E-state index in [2.05, 4.69) is 5.32 Å². The molecule has 0 aliphatic rings. The SMILES string of the molecule is CCC(C)NC(=O)c1cc(O)ccc1Cl. The second kappa shape index (κ2) is 5.03. The van der Waals surface area contributed by atoms with Crippen LogP contribution >= 0.6 is 11.6 Å². The van der Waals surface area contributed by atoms with Gasteiger partial charge in [0, 0.05) is 6.04 Å². The number of halogens is 1. The molecule has 0 bridgehead atoms. The molecule has 0 saturated carbocycles. The summed E-state index contributed by atoms with van der Waals surface area (Å²) in [6.45, 7) is 3.89. The van der Waals surface area contributed by atoms with E-state index in [0.29, 0.717) is 10.6 Å². The third-order valence-electron chi connectivity index (χ3n) is 2.18. The van der Waals surface area contributed by atoms with Crippen LogP contribution in [0.15, 0.2) is 18.2 Å². The minimum absolute atomic E-state index is 0.0358. The van der Waals surface area contributed by atoms with E-state index in [-0.39, 0.29) is 17.7 Å². The van der Waals surface area contributed by atoms with Crippen molar-refractivity contribution in [2.24, 2.45) is 0 Å². The summed E-state index contributed by atoms with van der Waals surface area (Å²) in [7, 11) is 0. The van der Waals surface area contributed by atoms with Crippen LogP contribution in [0, 0.1) is 0 Å². The molecule has 2 N–H and O–H groups in total. The summed E-state index contributed by atoms with van der Waals surface area (Å²) in [5.41, 5.74) is 0.303. The molecule has 0 spiro atoms. The molecule has 3 nitrogen and oxygen atoms in total. The van der Waals surface area contributed by atoms with E-state index in [1.54, 1.807) is 0 Å². The van der Waals surface area contributed by atoms with Crippen LogP contribution in [-0.2, 0) is 0 Å². The maximum Gasteiger partial charge on any atom is 0.253 e. The molecule has 0 aromatic heterocycles. The van der Waals surface area contributed by atoms with Gasteiger partial charge in [0.25, 0.3) is 5.91 Å². The number of carbonyl (C=O) groups excluding carboxylic acids is 1. The smallest absolute Gasteiger partial charge is 0.253 e. The monoisotopic (exact) mass is 227 g/mol. The number of benzene rings is 1. The first-order valence-corrected chi connectivity index (χ1v) is 5.21. The first kappa shape index (κ1) is 11.9. The van der Waals surface area contributed by atoms with Crippen LogP contribution in [0.1, 0.15) is 30.6 Å². The zero-order valence-corrected chi connectivity index (χ0v) is 9.51. The second-order valence-electron chi connectivity index (χ2n) is 3.45. The summed E-state index contributed by atoms with van der Waals surface area (Å²) in [5, 5.41) is 12.4. The first-order chi connectivity index (χ1) is 7.04. The van der Waals surface area contributed by atoms with Gasteiger partial charge < -0.3 is 10.4 Å². The lowest BCUT2D eigenvalue weighted by molar-refractivity contribution is 0.0939. The third kappa shape index (κ3) is 3.13. The van der Waals surface area contributed by atoms with Gasteiger partial charge in [0.1, 0.15) is 5.75 Å². The lowest BCUT2D eigenvalue weighted by atomic mass is 10.1. The van der Waals surface area contributed by atoms with Gasteiger partial charge in [-0.1, -0.05) is 18.5 Å². The van der Waals surface area contributed by atoms with E-state index in [1.165, 1.54) is 18.2 Å². The van der Waals surface area contributed by atoms with Crippen LogP contribution in [0.4, 0.5) is 0 Å². The molecule has 1 rings (SSSR count). The van der Waals surface area contributed by atoms with Crippen molar-refractivity contribution in [2.45, 2.75) is 26.3 Å². The molecule has 0 fully saturated rings. The minimum atomic E-state index is -0.259. The minimum Gasteiger partial charge on any atom is -0.508 e. The highest BCUT2D eigenvalue weighted by Crippen LogP contribution is 2.21. The second-order valence-corrected chi connectivity index (χ2v) is 3.85. The highest BCUT2D eigenvalue weighted by Gasteiger charge is 2.12. The van der Waals surface area contributed by atoms with Crippen LogP contribution in [-0.4, -0.2) is 17.1 Å². The average Bonchev–Trinajstić information content (AvgIpc) is 2.21. The van der Waals surface area contributed by atoms with Crippen molar-refractivity contribution in [2.75, 3.05) is 0 Å². The van der Waals surface area contributed by atoms with E-state index in [0.717, 1.165) is 6.42 Å². The van der Waals surface area contributed by atoms with Crippen molar-refractivity contribution in [3.05, 3.63) is 28.8 Å². The van der Waals surface area contributed by atoms with E-state index in [4.69, 9.17) is 11.6 Å². The molecule has 1 atom stereocenters. The fourth-order valence-electron chi connectivity index (χ4n) is 1.09. The van der Waals surface area contributed by atoms with Crippen molar-refractivity contribution in [3.63, 3.8) is 0 Å².